The molecule has 0 saturated heterocycles. The number of carbonyl (C=O) groups is 1. The smallest absolute Gasteiger partial charge is 0.147 e. The van der Waals surface area contributed by atoms with Crippen molar-refractivity contribution in [2.45, 2.75) is 6.92 Å². The van der Waals surface area contributed by atoms with E-state index in [-0.39, 0.29) is 0 Å². The van der Waals surface area contributed by atoms with Crippen LogP contribution < -0.4 is 0 Å². The van der Waals surface area contributed by atoms with Crippen molar-refractivity contribution in [1.29, 1.82) is 0 Å². The van der Waals surface area contributed by atoms with Gasteiger partial charge in [-0.2, -0.15) is 0 Å². The number of rotatable bonds is 3. The lowest BCUT2D eigenvalue weighted by atomic mass is 10.4. The second-order valence-electron chi connectivity index (χ2n) is 1.52. The molecule has 0 aromatic carbocycles. The standard InChI is InChI=1S/C7H9NO/c1-3-4-8-5-7(2)6-9/h3-6H,1H2,2H3/b7-5+,8-4-. The minimum atomic E-state index is 0.605. The average Bonchev–Trinajstić information content (AvgIpc) is 1.89. The van der Waals surface area contributed by atoms with Gasteiger partial charge < -0.3 is 0 Å². The molecule has 0 bridgehead atoms. The van der Waals surface area contributed by atoms with Gasteiger partial charge in [0.25, 0.3) is 0 Å². The average molecular weight is 123 g/mol. The molecule has 2 nitrogen and oxygen atoms in total. The van der Waals surface area contributed by atoms with Crippen molar-refractivity contribution in [3.05, 3.63) is 24.4 Å². The van der Waals surface area contributed by atoms with E-state index in [9.17, 15) is 4.79 Å². The van der Waals surface area contributed by atoms with Crippen LogP contribution in [0.25, 0.3) is 0 Å². The van der Waals surface area contributed by atoms with Gasteiger partial charge in [0.15, 0.2) is 0 Å². The van der Waals surface area contributed by atoms with E-state index in [1.807, 2.05) is 0 Å². The van der Waals surface area contributed by atoms with E-state index >= 15 is 0 Å². The minimum absolute atomic E-state index is 0.605. The normalized spacial score (nSPS) is 11.9. The summed E-state index contributed by atoms with van der Waals surface area (Å²) >= 11 is 0. The van der Waals surface area contributed by atoms with E-state index in [0.29, 0.717) is 5.57 Å². The van der Waals surface area contributed by atoms with E-state index in [1.54, 1.807) is 13.0 Å². The van der Waals surface area contributed by atoms with Crippen molar-refractivity contribution in [1.82, 2.24) is 0 Å². The van der Waals surface area contributed by atoms with Crippen LogP contribution in [0.1, 0.15) is 6.92 Å². The number of nitrogens with zero attached hydrogens (tertiary/aromatic N) is 1. The molecule has 0 aliphatic carbocycles. The first-order chi connectivity index (χ1) is 4.31. The van der Waals surface area contributed by atoms with Crippen LogP contribution in [0.4, 0.5) is 0 Å². The first-order valence-corrected chi connectivity index (χ1v) is 2.57. The fourth-order valence-corrected chi connectivity index (χ4v) is 0.252. The van der Waals surface area contributed by atoms with Gasteiger partial charge in [0.05, 0.1) is 0 Å². The summed E-state index contributed by atoms with van der Waals surface area (Å²) in [5, 5.41) is 0. The highest BCUT2D eigenvalue weighted by molar-refractivity contribution is 5.74. The molecule has 0 aromatic rings. The first-order valence-electron chi connectivity index (χ1n) is 2.57. The molecule has 0 aliphatic rings. The number of carbonyl (C=O) groups excluding carboxylic acids is 1. The molecule has 0 atom stereocenters. The maximum absolute atomic E-state index is 9.93. The summed E-state index contributed by atoms with van der Waals surface area (Å²) < 4.78 is 0. The Morgan fingerprint density at radius 2 is 2.33 bits per heavy atom. The van der Waals surface area contributed by atoms with Gasteiger partial charge in [-0.25, -0.2) is 0 Å². The molecule has 0 fully saturated rings. The number of aliphatic imine (C=N–C) groups is 1. The molecular formula is C7H9NO. The quantitative estimate of drug-likeness (QED) is 0.316. The molecule has 0 N–H and O–H groups in total. The predicted molar refractivity (Wildman–Crippen MR) is 38.5 cm³/mol. The maximum Gasteiger partial charge on any atom is 0.147 e. The zero-order chi connectivity index (χ0) is 7.11. The van der Waals surface area contributed by atoms with Gasteiger partial charge in [0.2, 0.25) is 0 Å². The van der Waals surface area contributed by atoms with Crippen LogP contribution in [0.2, 0.25) is 0 Å². The lowest BCUT2D eigenvalue weighted by Crippen LogP contribution is -1.72. The van der Waals surface area contributed by atoms with Crippen molar-refractivity contribution >= 4 is 12.5 Å². The van der Waals surface area contributed by atoms with Crippen LogP contribution in [0.3, 0.4) is 0 Å². The lowest BCUT2D eigenvalue weighted by Gasteiger charge is -1.78. The van der Waals surface area contributed by atoms with Crippen LogP contribution in [-0.2, 0) is 4.79 Å². The molecule has 0 unspecified atom stereocenters. The Bertz CT molecular complexity index is 156. The molecule has 0 saturated carbocycles. The molecule has 2 heteroatoms. The highest BCUT2D eigenvalue weighted by Gasteiger charge is 1.76. The summed E-state index contributed by atoms with van der Waals surface area (Å²) in [5.74, 6) is 0. The fraction of sp³-hybridized carbons (Fsp3) is 0.143. The van der Waals surface area contributed by atoms with Crippen molar-refractivity contribution in [3.8, 4) is 0 Å². The first kappa shape index (κ1) is 7.82. The van der Waals surface area contributed by atoms with Crippen LogP contribution in [0.5, 0.6) is 0 Å². The largest absolute Gasteiger partial charge is 0.298 e. The third-order valence-electron chi connectivity index (χ3n) is 0.656. The van der Waals surface area contributed by atoms with Crippen molar-refractivity contribution in [2.24, 2.45) is 4.99 Å². The summed E-state index contributed by atoms with van der Waals surface area (Å²) in [4.78, 5) is 13.7. The molecule has 9 heavy (non-hydrogen) atoms. The molecule has 0 rings (SSSR count). The van der Waals surface area contributed by atoms with Crippen molar-refractivity contribution in [2.75, 3.05) is 0 Å². The summed E-state index contributed by atoms with van der Waals surface area (Å²) in [6, 6.07) is 0. The number of aldehydes is 1. The van der Waals surface area contributed by atoms with Crippen LogP contribution in [0.15, 0.2) is 29.4 Å². The third-order valence-corrected chi connectivity index (χ3v) is 0.656. The summed E-state index contributed by atoms with van der Waals surface area (Å²) in [6.45, 7) is 5.10. The Hall–Kier alpha value is -1.18. The predicted octanol–water partition coefficient (Wildman–Crippen LogP) is 1.35. The fourth-order valence-electron chi connectivity index (χ4n) is 0.252. The summed E-state index contributed by atoms with van der Waals surface area (Å²) in [6.07, 6.45) is 5.30. The van der Waals surface area contributed by atoms with Gasteiger partial charge in [-0.15, -0.1) is 0 Å². The van der Waals surface area contributed by atoms with Crippen LogP contribution >= 0.6 is 0 Å². The van der Waals surface area contributed by atoms with Gasteiger partial charge in [0.1, 0.15) is 6.29 Å². The third kappa shape index (κ3) is 4.68. The Morgan fingerprint density at radius 3 is 2.78 bits per heavy atom. The van der Waals surface area contributed by atoms with Crippen molar-refractivity contribution in [3.63, 3.8) is 0 Å². The van der Waals surface area contributed by atoms with E-state index in [1.165, 1.54) is 12.4 Å². The van der Waals surface area contributed by atoms with E-state index in [4.69, 9.17) is 0 Å². The highest BCUT2D eigenvalue weighted by atomic mass is 16.1. The van der Waals surface area contributed by atoms with Gasteiger partial charge >= 0.3 is 0 Å². The molecule has 0 amide bonds. The summed E-state index contributed by atoms with van der Waals surface area (Å²) in [5.41, 5.74) is 0.605. The molecule has 0 aliphatic heterocycles. The SMILES string of the molecule is C=C/C=N\C=C(/C)C=O. The minimum Gasteiger partial charge on any atom is -0.298 e. The monoisotopic (exact) mass is 123 g/mol. The number of hydrogen-bond acceptors (Lipinski definition) is 2. The van der Waals surface area contributed by atoms with E-state index < -0.39 is 0 Å². The van der Waals surface area contributed by atoms with Gasteiger partial charge in [0, 0.05) is 18.0 Å². The molecular weight excluding hydrogens is 114 g/mol. The lowest BCUT2D eigenvalue weighted by molar-refractivity contribution is -0.104. The Balaban J connectivity index is 3.81. The van der Waals surface area contributed by atoms with Crippen LogP contribution in [-0.4, -0.2) is 12.5 Å². The Morgan fingerprint density at radius 1 is 1.67 bits per heavy atom. The van der Waals surface area contributed by atoms with E-state index in [2.05, 4.69) is 11.6 Å². The van der Waals surface area contributed by atoms with Gasteiger partial charge in [-0.3, -0.25) is 9.79 Å². The Kier molecular flexibility index (Phi) is 4.32. The number of allylic oxidation sites excluding steroid dienone is 2. The summed E-state index contributed by atoms with van der Waals surface area (Å²) in [7, 11) is 0. The van der Waals surface area contributed by atoms with Crippen molar-refractivity contribution < 1.29 is 4.79 Å². The highest BCUT2D eigenvalue weighted by Crippen LogP contribution is 1.84. The molecule has 0 radical (unpaired) electrons. The molecule has 0 spiro atoms. The van der Waals surface area contributed by atoms with Gasteiger partial charge in [-0.1, -0.05) is 12.7 Å². The Labute approximate surface area is 54.6 Å². The van der Waals surface area contributed by atoms with Gasteiger partial charge in [-0.05, 0) is 6.92 Å². The zero-order valence-corrected chi connectivity index (χ0v) is 5.37. The van der Waals surface area contributed by atoms with E-state index in [0.717, 1.165) is 6.29 Å². The maximum atomic E-state index is 9.93. The second-order valence-corrected chi connectivity index (χ2v) is 1.52. The zero-order valence-electron chi connectivity index (χ0n) is 5.37. The molecule has 0 heterocycles. The molecule has 0 aromatic heterocycles. The van der Waals surface area contributed by atoms with Crippen LogP contribution in [0, 0.1) is 0 Å². The second kappa shape index (κ2) is 4.97. The molecule has 48 valence electrons. The topological polar surface area (TPSA) is 29.4 Å². The number of hydrogen-bond donors (Lipinski definition) is 0.